The lowest BCUT2D eigenvalue weighted by Gasteiger charge is -1.80. The second-order valence-electron chi connectivity index (χ2n) is 1.38. The first-order chi connectivity index (χ1) is 4.81. The lowest BCUT2D eigenvalue weighted by atomic mass is 10.4. The van der Waals surface area contributed by atoms with Gasteiger partial charge in [-0.3, -0.25) is 0 Å². The molecule has 0 amide bonds. The van der Waals surface area contributed by atoms with Crippen LogP contribution in [0.2, 0.25) is 5.02 Å². The molecule has 52 valence electrons. The smallest absolute Gasteiger partial charge is 0.186 e. The van der Waals surface area contributed by atoms with Gasteiger partial charge in [0.15, 0.2) is 0 Å². The van der Waals surface area contributed by atoms with Gasteiger partial charge in [-0.1, -0.05) is 29.8 Å². The summed E-state index contributed by atoms with van der Waals surface area (Å²) in [4.78, 5) is 16.2. The minimum atomic E-state index is 0.250. The summed E-state index contributed by atoms with van der Waals surface area (Å²) in [6.07, 6.45) is 0.250. The Labute approximate surface area is 63.4 Å². The highest BCUT2D eigenvalue weighted by atomic mass is 35.5. The van der Waals surface area contributed by atoms with Crippen LogP contribution in [-0.4, -0.2) is 6.15 Å². The lowest BCUT2D eigenvalue weighted by Crippen LogP contribution is -1.55. The third-order valence-electron chi connectivity index (χ3n) is 0.733. The Morgan fingerprint density at radius 3 is 1.70 bits per heavy atom. The SMILES string of the molecule is Clc1ccccc1.O=C=O. The molecule has 0 bridgehead atoms. The summed E-state index contributed by atoms with van der Waals surface area (Å²) in [5.74, 6) is 0. The molecule has 0 aliphatic rings. The number of benzene rings is 1. The molecule has 0 aliphatic carbocycles. The second kappa shape index (κ2) is 6.02. The van der Waals surface area contributed by atoms with Gasteiger partial charge >= 0.3 is 6.15 Å². The molecular weight excluding hydrogens is 152 g/mol. The molecule has 0 fully saturated rings. The molecule has 0 saturated carbocycles. The fraction of sp³-hybridized carbons (Fsp3) is 0. The van der Waals surface area contributed by atoms with Gasteiger partial charge in [-0.05, 0) is 12.1 Å². The van der Waals surface area contributed by atoms with Crippen LogP contribution in [-0.2, 0) is 9.59 Å². The van der Waals surface area contributed by atoms with Crippen molar-refractivity contribution in [3.63, 3.8) is 0 Å². The van der Waals surface area contributed by atoms with Crippen LogP contribution >= 0.6 is 11.6 Å². The molecule has 0 atom stereocenters. The van der Waals surface area contributed by atoms with Crippen molar-refractivity contribution in [2.75, 3.05) is 0 Å². The van der Waals surface area contributed by atoms with E-state index in [1.165, 1.54) is 0 Å². The fourth-order valence-corrected chi connectivity index (χ4v) is 0.560. The average molecular weight is 157 g/mol. The number of hydrogen-bond acceptors (Lipinski definition) is 2. The summed E-state index contributed by atoms with van der Waals surface area (Å²) < 4.78 is 0. The summed E-state index contributed by atoms with van der Waals surface area (Å²) in [5.41, 5.74) is 0. The topological polar surface area (TPSA) is 34.1 Å². The minimum absolute atomic E-state index is 0.250. The van der Waals surface area contributed by atoms with Crippen molar-refractivity contribution in [1.29, 1.82) is 0 Å². The van der Waals surface area contributed by atoms with Gasteiger partial charge in [-0.2, -0.15) is 9.59 Å². The van der Waals surface area contributed by atoms with Crippen molar-refractivity contribution in [1.82, 2.24) is 0 Å². The highest BCUT2D eigenvalue weighted by molar-refractivity contribution is 6.30. The summed E-state index contributed by atoms with van der Waals surface area (Å²) in [6.45, 7) is 0. The summed E-state index contributed by atoms with van der Waals surface area (Å²) in [6, 6.07) is 9.44. The van der Waals surface area contributed by atoms with E-state index in [1.807, 2.05) is 30.3 Å². The van der Waals surface area contributed by atoms with Crippen molar-refractivity contribution in [3.05, 3.63) is 35.4 Å². The molecule has 1 aromatic rings. The number of rotatable bonds is 0. The van der Waals surface area contributed by atoms with Crippen LogP contribution in [0, 0.1) is 0 Å². The molecule has 0 aliphatic heterocycles. The maximum absolute atomic E-state index is 8.12. The molecule has 0 heterocycles. The van der Waals surface area contributed by atoms with E-state index in [2.05, 4.69) is 0 Å². The third kappa shape index (κ3) is 5.04. The summed E-state index contributed by atoms with van der Waals surface area (Å²) >= 11 is 5.54. The quantitative estimate of drug-likeness (QED) is 0.574. The van der Waals surface area contributed by atoms with E-state index >= 15 is 0 Å². The predicted molar refractivity (Wildman–Crippen MR) is 36.5 cm³/mol. The molecule has 1 rings (SSSR count). The van der Waals surface area contributed by atoms with E-state index in [-0.39, 0.29) is 6.15 Å². The zero-order valence-electron chi connectivity index (χ0n) is 5.08. The molecule has 0 saturated heterocycles. The van der Waals surface area contributed by atoms with Crippen molar-refractivity contribution >= 4 is 17.8 Å². The summed E-state index contributed by atoms with van der Waals surface area (Å²) in [5, 5.41) is 0.794. The van der Waals surface area contributed by atoms with Gasteiger partial charge in [0.1, 0.15) is 0 Å². The van der Waals surface area contributed by atoms with Gasteiger partial charge in [0.2, 0.25) is 0 Å². The van der Waals surface area contributed by atoms with Gasteiger partial charge in [-0.25, -0.2) is 0 Å². The lowest BCUT2D eigenvalue weighted by molar-refractivity contribution is -0.191. The molecule has 0 radical (unpaired) electrons. The van der Waals surface area contributed by atoms with E-state index in [1.54, 1.807) is 0 Å². The number of hydrogen-bond donors (Lipinski definition) is 0. The first-order valence-corrected chi connectivity index (χ1v) is 2.89. The Morgan fingerprint density at radius 1 is 1.10 bits per heavy atom. The second-order valence-corrected chi connectivity index (χ2v) is 1.82. The number of carbonyl (C=O) groups excluding carboxylic acids is 2. The van der Waals surface area contributed by atoms with Crippen LogP contribution in [0.25, 0.3) is 0 Å². The molecule has 1 aromatic carbocycles. The number of halogens is 1. The molecule has 0 unspecified atom stereocenters. The van der Waals surface area contributed by atoms with Gasteiger partial charge in [0.25, 0.3) is 0 Å². The van der Waals surface area contributed by atoms with E-state index in [9.17, 15) is 0 Å². The zero-order chi connectivity index (χ0) is 7.82. The Kier molecular flexibility index (Phi) is 5.35. The van der Waals surface area contributed by atoms with Gasteiger partial charge in [0, 0.05) is 5.02 Å². The third-order valence-corrected chi connectivity index (χ3v) is 0.985. The van der Waals surface area contributed by atoms with Crippen LogP contribution in [0.3, 0.4) is 0 Å². The van der Waals surface area contributed by atoms with Crippen LogP contribution in [0.4, 0.5) is 0 Å². The highest BCUT2D eigenvalue weighted by Crippen LogP contribution is 2.03. The van der Waals surface area contributed by atoms with Crippen molar-refractivity contribution < 1.29 is 9.59 Å². The monoisotopic (exact) mass is 156 g/mol. The Morgan fingerprint density at radius 2 is 1.50 bits per heavy atom. The molecule has 2 nitrogen and oxygen atoms in total. The molecule has 0 aromatic heterocycles. The summed E-state index contributed by atoms with van der Waals surface area (Å²) in [7, 11) is 0. The van der Waals surface area contributed by atoms with Gasteiger partial charge in [0.05, 0.1) is 0 Å². The fourth-order valence-electron chi connectivity index (χ4n) is 0.415. The van der Waals surface area contributed by atoms with Crippen LogP contribution < -0.4 is 0 Å². The first kappa shape index (κ1) is 8.89. The standard InChI is InChI=1S/C6H5Cl.CO2/c7-6-4-2-1-3-5-6;2-1-3/h1-5H;. The van der Waals surface area contributed by atoms with Gasteiger partial charge in [-0.15, -0.1) is 0 Å². The molecular formula is C7H5ClO2. The normalized spacial score (nSPS) is 6.90. The Balaban J connectivity index is 0.000000236. The Hall–Kier alpha value is -1.11. The molecule has 3 heteroatoms. The predicted octanol–water partition coefficient (Wildman–Crippen LogP) is 1.76. The van der Waals surface area contributed by atoms with Crippen LogP contribution in [0.5, 0.6) is 0 Å². The van der Waals surface area contributed by atoms with Crippen molar-refractivity contribution in [3.8, 4) is 0 Å². The average Bonchev–Trinajstić information content (AvgIpc) is 1.91. The zero-order valence-corrected chi connectivity index (χ0v) is 5.84. The maximum atomic E-state index is 8.12. The van der Waals surface area contributed by atoms with Crippen LogP contribution in [0.15, 0.2) is 30.3 Å². The molecule has 0 N–H and O–H groups in total. The highest BCUT2D eigenvalue weighted by Gasteiger charge is 1.74. The molecule has 0 spiro atoms. The minimum Gasteiger partial charge on any atom is -0.186 e. The van der Waals surface area contributed by atoms with Crippen LogP contribution in [0.1, 0.15) is 0 Å². The van der Waals surface area contributed by atoms with E-state index < -0.39 is 0 Å². The molecule has 10 heavy (non-hydrogen) atoms. The Bertz CT molecular complexity index is 202. The van der Waals surface area contributed by atoms with Gasteiger partial charge < -0.3 is 0 Å². The van der Waals surface area contributed by atoms with Crippen molar-refractivity contribution in [2.24, 2.45) is 0 Å². The maximum Gasteiger partial charge on any atom is 0.373 e. The largest absolute Gasteiger partial charge is 0.373 e. The van der Waals surface area contributed by atoms with E-state index in [0.717, 1.165) is 5.02 Å². The van der Waals surface area contributed by atoms with Crippen molar-refractivity contribution in [2.45, 2.75) is 0 Å². The van der Waals surface area contributed by atoms with E-state index in [0.29, 0.717) is 0 Å². The van der Waals surface area contributed by atoms with E-state index in [4.69, 9.17) is 21.2 Å². The first-order valence-electron chi connectivity index (χ1n) is 2.51.